The molecule has 1 rings (SSSR count). The zero-order valence-electron chi connectivity index (χ0n) is 10.6. The average molecular weight is 236 g/mol. The van der Waals surface area contributed by atoms with Crippen LogP contribution in [0.3, 0.4) is 0 Å². The van der Waals surface area contributed by atoms with E-state index in [2.05, 4.69) is 0 Å². The standard InChI is InChI=1S/C13H20N2O2/c1-4-15(13(16)9-14)11-7-5-6-8-12(11)17-10(2)3/h5-8,10H,4,9,14H2,1-3H3. The molecule has 0 heterocycles. The number of hydrogen-bond acceptors (Lipinski definition) is 3. The van der Waals surface area contributed by atoms with Gasteiger partial charge in [-0.05, 0) is 32.9 Å². The van der Waals surface area contributed by atoms with Gasteiger partial charge in [-0.15, -0.1) is 0 Å². The third-order valence-electron chi connectivity index (χ3n) is 2.31. The highest BCUT2D eigenvalue weighted by molar-refractivity contribution is 5.96. The molecule has 4 nitrogen and oxygen atoms in total. The number of para-hydroxylation sites is 2. The first kappa shape index (κ1) is 13.5. The highest BCUT2D eigenvalue weighted by Gasteiger charge is 2.16. The van der Waals surface area contributed by atoms with Gasteiger partial charge in [-0.3, -0.25) is 4.79 Å². The van der Waals surface area contributed by atoms with Gasteiger partial charge in [0.15, 0.2) is 0 Å². The predicted octanol–water partition coefficient (Wildman–Crippen LogP) is 1.79. The number of ether oxygens (including phenoxy) is 1. The number of benzene rings is 1. The van der Waals surface area contributed by atoms with Crippen molar-refractivity contribution < 1.29 is 9.53 Å². The Hall–Kier alpha value is -1.55. The second-order valence-corrected chi connectivity index (χ2v) is 3.98. The summed E-state index contributed by atoms with van der Waals surface area (Å²) in [5.74, 6) is 0.610. The summed E-state index contributed by atoms with van der Waals surface area (Å²) < 4.78 is 5.69. The number of anilines is 1. The number of hydrogen-bond donors (Lipinski definition) is 1. The number of nitrogens with two attached hydrogens (primary N) is 1. The molecule has 0 aliphatic carbocycles. The van der Waals surface area contributed by atoms with Gasteiger partial charge in [-0.1, -0.05) is 12.1 Å². The number of likely N-dealkylation sites (N-methyl/N-ethyl adjacent to an activating group) is 1. The number of carbonyl (C=O) groups excluding carboxylic acids is 1. The fraction of sp³-hybridized carbons (Fsp3) is 0.462. The maximum atomic E-state index is 11.7. The lowest BCUT2D eigenvalue weighted by atomic mass is 10.2. The van der Waals surface area contributed by atoms with Crippen LogP contribution in [0.15, 0.2) is 24.3 Å². The van der Waals surface area contributed by atoms with Crippen molar-refractivity contribution in [2.24, 2.45) is 5.73 Å². The van der Waals surface area contributed by atoms with Crippen molar-refractivity contribution in [3.05, 3.63) is 24.3 Å². The quantitative estimate of drug-likeness (QED) is 0.848. The van der Waals surface area contributed by atoms with E-state index in [1.807, 2.05) is 45.0 Å². The van der Waals surface area contributed by atoms with Crippen molar-refractivity contribution in [1.82, 2.24) is 0 Å². The molecule has 1 amide bonds. The monoisotopic (exact) mass is 236 g/mol. The van der Waals surface area contributed by atoms with E-state index in [9.17, 15) is 4.79 Å². The van der Waals surface area contributed by atoms with Gasteiger partial charge in [0.1, 0.15) is 5.75 Å². The summed E-state index contributed by atoms with van der Waals surface area (Å²) >= 11 is 0. The van der Waals surface area contributed by atoms with Gasteiger partial charge in [0.25, 0.3) is 0 Å². The van der Waals surface area contributed by atoms with Crippen molar-refractivity contribution in [1.29, 1.82) is 0 Å². The van der Waals surface area contributed by atoms with Crippen LogP contribution in [0.4, 0.5) is 5.69 Å². The molecule has 94 valence electrons. The molecule has 4 heteroatoms. The highest BCUT2D eigenvalue weighted by Crippen LogP contribution is 2.28. The summed E-state index contributed by atoms with van der Waals surface area (Å²) in [5, 5.41) is 0. The van der Waals surface area contributed by atoms with Gasteiger partial charge >= 0.3 is 0 Å². The molecule has 0 saturated carbocycles. The molecule has 0 atom stereocenters. The summed E-state index contributed by atoms with van der Waals surface area (Å²) in [6.07, 6.45) is 0.0721. The Balaban J connectivity index is 3.05. The summed E-state index contributed by atoms with van der Waals surface area (Å²) in [7, 11) is 0. The second kappa shape index (κ2) is 6.25. The number of amides is 1. The number of nitrogens with zero attached hydrogens (tertiary/aromatic N) is 1. The molecule has 1 aromatic rings. The first-order valence-corrected chi connectivity index (χ1v) is 5.86. The van der Waals surface area contributed by atoms with Gasteiger partial charge in [-0.25, -0.2) is 0 Å². The van der Waals surface area contributed by atoms with E-state index in [0.29, 0.717) is 12.3 Å². The number of carbonyl (C=O) groups is 1. The van der Waals surface area contributed by atoms with Crippen molar-refractivity contribution in [3.8, 4) is 5.75 Å². The van der Waals surface area contributed by atoms with Crippen LogP contribution in [-0.2, 0) is 4.79 Å². The smallest absolute Gasteiger partial charge is 0.240 e. The molecule has 0 aliphatic heterocycles. The Kier molecular flexibility index (Phi) is 4.97. The average Bonchev–Trinajstić information content (AvgIpc) is 2.31. The van der Waals surface area contributed by atoms with E-state index in [4.69, 9.17) is 10.5 Å². The molecule has 0 unspecified atom stereocenters. The zero-order valence-corrected chi connectivity index (χ0v) is 10.6. The van der Waals surface area contributed by atoms with E-state index in [1.54, 1.807) is 4.90 Å². The molecule has 0 aliphatic rings. The first-order chi connectivity index (χ1) is 8.10. The summed E-state index contributed by atoms with van der Waals surface area (Å²) in [4.78, 5) is 13.4. The van der Waals surface area contributed by atoms with Crippen LogP contribution in [0.5, 0.6) is 5.75 Å². The van der Waals surface area contributed by atoms with Crippen LogP contribution in [0.1, 0.15) is 20.8 Å². The third kappa shape index (κ3) is 3.46. The summed E-state index contributed by atoms with van der Waals surface area (Å²) in [5.41, 5.74) is 6.18. The molecule has 0 saturated heterocycles. The van der Waals surface area contributed by atoms with Crippen LogP contribution < -0.4 is 15.4 Å². The Morgan fingerprint density at radius 3 is 2.59 bits per heavy atom. The lowest BCUT2D eigenvalue weighted by Gasteiger charge is -2.24. The molecule has 0 aromatic heterocycles. The molecular weight excluding hydrogens is 216 g/mol. The van der Waals surface area contributed by atoms with Crippen molar-refractivity contribution >= 4 is 11.6 Å². The molecule has 17 heavy (non-hydrogen) atoms. The topological polar surface area (TPSA) is 55.6 Å². The lowest BCUT2D eigenvalue weighted by Crippen LogP contribution is -2.36. The summed E-state index contributed by atoms with van der Waals surface area (Å²) in [6.45, 7) is 6.41. The van der Waals surface area contributed by atoms with Gasteiger partial charge in [0.05, 0.1) is 18.3 Å². The van der Waals surface area contributed by atoms with E-state index >= 15 is 0 Å². The minimum absolute atomic E-state index is 0.00382. The largest absolute Gasteiger partial charge is 0.489 e. The molecule has 0 radical (unpaired) electrons. The van der Waals surface area contributed by atoms with E-state index in [1.165, 1.54) is 0 Å². The van der Waals surface area contributed by atoms with Gasteiger partial charge in [-0.2, -0.15) is 0 Å². The van der Waals surface area contributed by atoms with Crippen LogP contribution in [0.2, 0.25) is 0 Å². The Bertz CT molecular complexity index is 377. The molecule has 0 bridgehead atoms. The van der Waals surface area contributed by atoms with Gasteiger partial charge in [0, 0.05) is 6.54 Å². The maximum Gasteiger partial charge on any atom is 0.240 e. The molecule has 0 fully saturated rings. The minimum atomic E-state index is -0.104. The van der Waals surface area contributed by atoms with Crippen molar-refractivity contribution in [2.45, 2.75) is 26.9 Å². The maximum absolute atomic E-state index is 11.7. The SMILES string of the molecule is CCN(C(=O)CN)c1ccccc1OC(C)C. The minimum Gasteiger partial charge on any atom is -0.489 e. The highest BCUT2D eigenvalue weighted by atomic mass is 16.5. The zero-order chi connectivity index (χ0) is 12.8. The summed E-state index contributed by atoms with van der Waals surface area (Å²) in [6, 6.07) is 7.51. The number of rotatable bonds is 5. The fourth-order valence-electron chi connectivity index (χ4n) is 1.62. The molecule has 2 N–H and O–H groups in total. The van der Waals surface area contributed by atoms with Crippen LogP contribution in [-0.4, -0.2) is 25.1 Å². The lowest BCUT2D eigenvalue weighted by molar-refractivity contribution is -0.117. The fourth-order valence-corrected chi connectivity index (χ4v) is 1.62. The Morgan fingerprint density at radius 2 is 2.06 bits per heavy atom. The van der Waals surface area contributed by atoms with Crippen LogP contribution in [0, 0.1) is 0 Å². The van der Waals surface area contributed by atoms with Crippen LogP contribution in [0.25, 0.3) is 0 Å². The second-order valence-electron chi connectivity index (χ2n) is 3.98. The molecule has 0 spiro atoms. The molecule has 1 aromatic carbocycles. The normalized spacial score (nSPS) is 10.4. The van der Waals surface area contributed by atoms with Gasteiger partial charge in [0.2, 0.25) is 5.91 Å². The van der Waals surface area contributed by atoms with Crippen molar-refractivity contribution in [2.75, 3.05) is 18.0 Å². The Labute approximate surface area is 102 Å². The first-order valence-electron chi connectivity index (χ1n) is 5.86. The van der Waals surface area contributed by atoms with E-state index in [0.717, 1.165) is 5.69 Å². The predicted molar refractivity (Wildman–Crippen MR) is 69.3 cm³/mol. The van der Waals surface area contributed by atoms with E-state index in [-0.39, 0.29) is 18.6 Å². The van der Waals surface area contributed by atoms with Crippen molar-refractivity contribution in [3.63, 3.8) is 0 Å². The van der Waals surface area contributed by atoms with E-state index < -0.39 is 0 Å². The Morgan fingerprint density at radius 1 is 1.41 bits per heavy atom. The van der Waals surface area contributed by atoms with Crippen LogP contribution >= 0.6 is 0 Å². The van der Waals surface area contributed by atoms with Gasteiger partial charge < -0.3 is 15.4 Å². The third-order valence-corrected chi connectivity index (χ3v) is 2.31. The molecular formula is C13H20N2O2.